The fourth-order valence-electron chi connectivity index (χ4n) is 1.94. The minimum absolute atomic E-state index is 0.611. The smallest absolute Gasteiger partial charge is 0.0108 e. The Morgan fingerprint density at radius 3 is 2.83 bits per heavy atom. The second-order valence-electron chi connectivity index (χ2n) is 3.59. The normalized spacial score (nSPS) is 22.7. The molecule has 1 N–H and O–H groups in total. The van der Waals surface area contributed by atoms with Gasteiger partial charge in [-0.05, 0) is 31.5 Å². The van der Waals surface area contributed by atoms with Crippen molar-refractivity contribution in [2.75, 3.05) is 7.05 Å². The third-order valence-corrected chi connectivity index (χ3v) is 2.95. The minimum Gasteiger partial charge on any atom is -0.317 e. The Hall–Kier alpha value is -0.820. The van der Waals surface area contributed by atoms with Gasteiger partial charge in [0.25, 0.3) is 0 Å². The van der Waals surface area contributed by atoms with Crippen LogP contribution in [0.5, 0.6) is 0 Å². The van der Waals surface area contributed by atoms with Crippen molar-refractivity contribution < 1.29 is 0 Å². The van der Waals surface area contributed by atoms with E-state index in [4.69, 9.17) is 0 Å². The summed E-state index contributed by atoms with van der Waals surface area (Å²) in [6, 6.07) is 9.35. The summed E-state index contributed by atoms with van der Waals surface area (Å²) in [7, 11) is 2.03. The van der Waals surface area contributed by atoms with Crippen LogP contribution in [0.1, 0.15) is 24.0 Å². The molecule has 0 aliphatic heterocycles. The molecule has 1 nitrogen and oxygen atoms in total. The molecule has 2 atom stereocenters. The summed E-state index contributed by atoms with van der Waals surface area (Å²) in [6.07, 6.45) is 1.25. The first-order valence-electron chi connectivity index (χ1n) is 4.58. The summed E-state index contributed by atoms with van der Waals surface area (Å²) in [5, 5.41) is 3.31. The molecule has 0 saturated carbocycles. The van der Waals surface area contributed by atoms with Gasteiger partial charge in [0.1, 0.15) is 0 Å². The molecular formula is C11H15N. The van der Waals surface area contributed by atoms with E-state index in [1.54, 1.807) is 5.56 Å². The summed E-state index contributed by atoms with van der Waals surface area (Å²) in [5.74, 6) is 0.742. The SMILES string of the molecule is CN[C@@H](C)[C@@H]1Cc2ccccc21. The maximum Gasteiger partial charge on any atom is 0.0108 e. The molecule has 0 radical (unpaired) electrons. The summed E-state index contributed by atoms with van der Waals surface area (Å²) >= 11 is 0. The van der Waals surface area contributed by atoms with Crippen LogP contribution in [0.15, 0.2) is 24.3 Å². The van der Waals surface area contributed by atoms with Crippen LogP contribution in [0, 0.1) is 0 Å². The Kier molecular flexibility index (Phi) is 1.89. The second kappa shape index (κ2) is 2.91. The molecular weight excluding hydrogens is 146 g/mol. The minimum atomic E-state index is 0.611. The van der Waals surface area contributed by atoms with Crippen molar-refractivity contribution in [3.8, 4) is 0 Å². The van der Waals surface area contributed by atoms with E-state index in [2.05, 4.69) is 36.5 Å². The predicted octanol–water partition coefficient (Wildman–Crippen LogP) is 1.93. The Morgan fingerprint density at radius 1 is 1.42 bits per heavy atom. The Labute approximate surface area is 73.8 Å². The molecule has 0 bridgehead atoms. The highest BCUT2D eigenvalue weighted by atomic mass is 14.9. The van der Waals surface area contributed by atoms with Gasteiger partial charge in [-0.1, -0.05) is 24.3 Å². The molecule has 1 heteroatoms. The van der Waals surface area contributed by atoms with Crippen LogP contribution in [0.4, 0.5) is 0 Å². The monoisotopic (exact) mass is 161 g/mol. The molecule has 0 fully saturated rings. The first-order chi connectivity index (χ1) is 5.83. The van der Waals surface area contributed by atoms with Crippen molar-refractivity contribution in [3.63, 3.8) is 0 Å². The standard InChI is InChI=1S/C11H15N/c1-8(12-2)11-7-9-5-3-4-6-10(9)11/h3-6,8,11-12H,7H2,1-2H3/t8-,11-/m0/s1. The van der Waals surface area contributed by atoms with Crippen molar-refractivity contribution in [1.29, 1.82) is 0 Å². The molecule has 1 aromatic carbocycles. The number of hydrogen-bond donors (Lipinski definition) is 1. The highest BCUT2D eigenvalue weighted by molar-refractivity contribution is 5.40. The van der Waals surface area contributed by atoms with Gasteiger partial charge >= 0.3 is 0 Å². The molecule has 64 valence electrons. The Morgan fingerprint density at radius 2 is 2.17 bits per heavy atom. The molecule has 0 spiro atoms. The van der Waals surface area contributed by atoms with Gasteiger partial charge < -0.3 is 5.32 Å². The molecule has 0 unspecified atom stereocenters. The number of fused-ring (bicyclic) bond motifs is 1. The molecule has 1 aliphatic carbocycles. The lowest BCUT2D eigenvalue weighted by Crippen LogP contribution is -2.35. The zero-order valence-corrected chi connectivity index (χ0v) is 7.67. The van der Waals surface area contributed by atoms with Crippen LogP contribution >= 0.6 is 0 Å². The van der Waals surface area contributed by atoms with Gasteiger partial charge in [0.15, 0.2) is 0 Å². The van der Waals surface area contributed by atoms with E-state index >= 15 is 0 Å². The molecule has 0 saturated heterocycles. The molecule has 0 heterocycles. The quantitative estimate of drug-likeness (QED) is 0.699. The molecule has 2 rings (SSSR count). The van der Waals surface area contributed by atoms with E-state index in [9.17, 15) is 0 Å². The zero-order valence-electron chi connectivity index (χ0n) is 7.67. The average molecular weight is 161 g/mol. The highest BCUT2D eigenvalue weighted by Crippen LogP contribution is 2.36. The third-order valence-electron chi connectivity index (χ3n) is 2.95. The van der Waals surface area contributed by atoms with Crippen molar-refractivity contribution in [1.82, 2.24) is 5.32 Å². The fraction of sp³-hybridized carbons (Fsp3) is 0.455. The van der Waals surface area contributed by atoms with Crippen LogP contribution in [0.25, 0.3) is 0 Å². The molecule has 1 aliphatic rings. The number of rotatable bonds is 2. The van der Waals surface area contributed by atoms with Gasteiger partial charge in [0.2, 0.25) is 0 Å². The number of nitrogens with one attached hydrogen (secondary N) is 1. The fourth-order valence-corrected chi connectivity index (χ4v) is 1.94. The second-order valence-corrected chi connectivity index (χ2v) is 3.59. The summed E-state index contributed by atoms with van der Waals surface area (Å²) in [5.41, 5.74) is 3.07. The van der Waals surface area contributed by atoms with E-state index in [0.29, 0.717) is 6.04 Å². The van der Waals surface area contributed by atoms with Crippen molar-refractivity contribution in [2.45, 2.75) is 25.3 Å². The lowest BCUT2D eigenvalue weighted by Gasteiger charge is -2.34. The largest absolute Gasteiger partial charge is 0.317 e. The van der Waals surface area contributed by atoms with Crippen LogP contribution in [0.3, 0.4) is 0 Å². The molecule has 0 aromatic heterocycles. The van der Waals surface area contributed by atoms with Crippen LogP contribution < -0.4 is 5.32 Å². The Balaban J connectivity index is 2.19. The van der Waals surface area contributed by atoms with Crippen molar-refractivity contribution >= 4 is 0 Å². The maximum atomic E-state index is 3.31. The van der Waals surface area contributed by atoms with Gasteiger partial charge in [0, 0.05) is 12.0 Å². The summed E-state index contributed by atoms with van der Waals surface area (Å²) in [6.45, 7) is 2.25. The van der Waals surface area contributed by atoms with Crippen molar-refractivity contribution in [3.05, 3.63) is 35.4 Å². The number of benzene rings is 1. The predicted molar refractivity (Wildman–Crippen MR) is 51.4 cm³/mol. The summed E-state index contributed by atoms with van der Waals surface area (Å²) < 4.78 is 0. The van der Waals surface area contributed by atoms with E-state index in [1.807, 2.05) is 7.05 Å². The third kappa shape index (κ3) is 1.05. The van der Waals surface area contributed by atoms with Gasteiger partial charge in [-0.2, -0.15) is 0 Å². The van der Waals surface area contributed by atoms with Crippen LogP contribution in [-0.4, -0.2) is 13.1 Å². The highest BCUT2D eigenvalue weighted by Gasteiger charge is 2.28. The van der Waals surface area contributed by atoms with E-state index < -0.39 is 0 Å². The van der Waals surface area contributed by atoms with E-state index in [-0.39, 0.29) is 0 Å². The van der Waals surface area contributed by atoms with Gasteiger partial charge in [-0.25, -0.2) is 0 Å². The van der Waals surface area contributed by atoms with E-state index in [0.717, 1.165) is 5.92 Å². The first kappa shape index (κ1) is 7.81. The van der Waals surface area contributed by atoms with Gasteiger partial charge in [-0.3, -0.25) is 0 Å². The van der Waals surface area contributed by atoms with Gasteiger partial charge in [-0.15, -0.1) is 0 Å². The van der Waals surface area contributed by atoms with E-state index in [1.165, 1.54) is 12.0 Å². The van der Waals surface area contributed by atoms with Crippen molar-refractivity contribution in [2.24, 2.45) is 0 Å². The number of likely N-dealkylation sites (N-methyl/N-ethyl adjacent to an activating group) is 1. The topological polar surface area (TPSA) is 12.0 Å². The lowest BCUT2D eigenvalue weighted by molar-refractivity contribution is 0.453. The molecule has 1 aromatic rings. The Bertz CT molecular complexity index is 280. The molecule has 12 heavy (non-hydrogen) atoms. The average Bonchev–Trinajstić information content (AvgIpc) is 2.07. The maximum absolute atomic E-state index is 3.31. The van der Waals surface area contributed by atoms with Crippen LogP contribution in [-0.2, 0) is 6.42 Å². The lowest BCUT2D eigenvalue weighted by atomic mass is 9.74. The zero-order chi connectivity index (χ0) is 8.55. The number of hydrogen-bond acceptors (Lipinski definition) is 1. The summed E-state index contributed by atoms with van der Waals surface area (Å²) in [4.78, 5) is 0. The molecule has 0 amide bonds. The van der Waals surface area contributed by atoms with Crippen LogP contribution in [0.2, 0.25) is 0 Å². The van der Waals surface area contributed by atoms with Gasteiger partial charge in [0.05, 0.1) is 0 Å². The first-order valence-corrected chi connectivity index (χ1v) is 4.58.